The minimum atomic E-state index is -0.954. The molecule has 6 nitrogen and oxygen atoms in total. The molecule has 24 heavy (non-hydrogen) atoms. The Hall–Kier alpha value is -3.02. The summed E-state index contributed by atoms with van der Waals surface area (Å²) in [6, 6.07) is 12.0. The third kappa shape index (κ3) is 4.04. The molecule has 6 heteroatoms. The molecule has 0 aromatic heterocycles. The maximum Gasteiger partial charge on any atom is 0.335 e. The smallest absolute Gasteiger partial charge is 0.335 e. The molecule has 0 heterocycles. The fourth-order valence-corrected chi connectivity index (χ4v) is 2.18. The highest BCUT2D eigenvalue weighted by molar-refractivity contribution is 6.01. The van der Waals surface area contributed by atoms with Crippen LogP contribution in [0.1, 0.15) is 29.3 Å². The van der Waals surface area contributed by atoms with Gasteiger partial charge in [0.05, 0.1) is 31.2 Å². The lowest BCUT2D eigenvalue weighted by Crippen LogP contribution is -2.04. The van der Waals surface area contributed by atoms with Crippen LogP contribution in [0.3, 0.4) is 0 Å². The Morgan fingerprint density at radius 1 is 1.04 bits per heavy atom. The Kier molecular flexibility index (Phi) is 5.78. The Labute approximate surface area is 140 Å². The average molecular weight is 328 g/mol. The van der Waals surface area contributed by atoms with Crippen LogP contribution in [0, 0.1) is 0 Å². The van der Waals surface area contributed by atoms with Crippen LogP contribution in [0.15, 0.2) is 47.6 Å². The van der Waals surface area contributed by atoms with Gasteiger partial charge in [0.25, 0.3) is 0 Å². The van der Waals surface area contributed by atoms with Gasteiger partial charge >= 0.3 is 5.97 Å². The van der Waals surface area contributed by atoms with E-state index in [1.807, 2.05) is 25.1 Å². The van der Waals surface area contributed by atoms with Crippen LogP contribution in [-0.2, 0) is 0 Å². The van der Waals surface area contributed by atoms with Gasteiger partial charge in [-0.15, -0.1) is 0 Å². The molecule has 0 unspecified atom stereocenters. The van der Waals surface area contributed by atoms with Crippen LogP contribution < -0.4 is 14.9 Å². The molecule has 2 N–H and O–H groups in total. The second kappa shape index (κ2) is 8.01. The predicted octanol–water partition coefficient (Wildman–Crippen LogP) is 3.63. The van der Waals surface area contributed by atoms with E-state index in [-0.39, 0.29) is 5.56 Å². The number of carboxylic acids is 1. The number of hydrazone groups is 1. The van der Waals surface area contributed by atoms with Gasteiger partial charge in [0.1, 0.15) is 0 Å². The third-order valence-corrected chi connectivity index (χ3v) is 3.50. The number of methoxy groups -OCH3 is 2. The van der Waals surface area contributed by atoms with Gasteiger partial charge in [0.2, 0.25) is 0 Å². The summed E-state index contributed by atoms with van der Waals surface area (Å²) in [7, 11) is 3.18. The first-order valence-electron chi connectivity index (χ1n) is 7.47. The third-order valence-electron chi connectivity index (χ3n) is 3.50. The molecule has 2 aromatic carbocycles. The van der Waals surface area contributed by atoms with E-state index in [2.05, 4.69) is 10.5 Å². The van der Waals surface area contributed by atoms with Crippen molar-refractivity contribution in [2.75, 3.05) is 19.6 Å². The number of hydrogen-bond donors (Lipinski definition) is 2. The largest absolute Gasteiger partial charge is 0.493 e. The zero-order valence-electron chi connectivity index (χ0n) is 13.9. The number of rotatable bonds is 7. The summed E-state index contributed by atoms with van der Waals surface area (Å²) < 4.78 is 10.5. The van der Waals surface area contributed by atoms with E-state index in [0.29, 0.717) is 17.2 Å². The van der Waals surface area contributed by atoms with Crippen molar-refractivity contribution in [1.82, 2.24) is 0 Å². The number of nitrogens with zero attached hydrogens (tertiary/aromatic N) is 1. The van der Waals surface area contributed by atoms with Crippen molar-refractivity contribution in [3.63, 3.8) is 0 Å². The predicted molar refractivity (Wildman–Crippen MR) is 93.4 cm³/mol. The normalized spacial score (nSPS) is 11.0. The summed E-state index contributed by atoms with van der Waals surface area (Å²) in [5.41, 5.74) is 5.67. The summed E-state index contributed by atoms with van der Waals surface area (Å²) in [6.07, 6.45) is 0.718. The first-order chi connectivity index (χ1) is 11.6. The Bertz CT molecular complexity index is 739. The van der Waals surface area contributed by atoms with Gasteiger partial charge in [-0.2, -0.15) is 5.10 Å². The number of anilines is 1. The van der Waals surface area contributed by atoms with E-state index in [1.54, 1.807) is 26.4 Å². The highest BCUT2D eigenvalue weighted by Crippen LogP contribution is 2.28. The molecule has 0 amide bonds. The molecule has 0 radical (unpaired) electrons. The van der Waals surface area contributed by atoms with E-state index in [9.17, 15) is 4.79 Å². The van der Waals surface area contributed by atoms with Gasteiger partial charge in [-0.3, -0.25) is 5.43 Å². The molecular formula is C18H20N2O4. The second-order valence-corrected chi connectivity index (χ2v) is 4.98. The van der Waals surface area contributed by atoms with Crippen molar-refractivity contribution in [2.24, 2.45) is 5.10 Å². The lowest BCUT2D eigenvalue weighted by molar-refractivity contribution is 0.0697. The van der Waals surface area contributed by atoms with E-state index < -0.39 is 5.97 Å². The summed E-state index contributed by atoms with van der Waals surface area (Å²) in [6.45, 7) is 2.00. The topological polar surface area (TPSA) is 80.2 Å². The van der Waals surface area contributed by atoms with Crippen molar-refractivity contribution >= 4 is 17.4 Å². The molecule has 0 bridgehead atoms. The molecular weight excluding hydrogens is 308 g/mol. The van der Waals surface area contributed by atoms with Crippen LogP contribution in [0.5, 0.6) is 11.5 Å². The Morgan fingerprint density at radius 2 is 1.67 bits per heavy atom. The number of carbonyl (C=O) groups is 1. The second-order valence-electron chi connectivity index (χ2n) is 4.98. The van der Waals surface area contributed by atoms with Crippen molar-refractivity contribution in [3.8, 4) is 11.5 Å². The number of nitrogens with one attached hydrogen (secondary N) is 1. The number of carboxylic acid groups (broad SMARTS) is 1. The summed E-state index contributed by atoms with van der Waals surface area (Å²) in [5, 5.41) is 13.3. The number of aromatic carboxylic acids is 1. The molecule has 126 valence electrons. The summed E-state index contributed by atoms with van der Waals surface area (Å²) in [4.78, 5) is 10.9. The van der Waals surface area contributed by atoms with Crippen LogP contribution in [0.4, 0.5) is 5.69 Å². The maximum absolute atomic E-state index is 10.9. The van der Waals surface area contributed by atoms with Gasteiger partial charge in [-0.05, 0) is 48.9 Å². The van der Waals surface area contributed by atoms with Crippen molar-refractivity contribution in [2.45, 2.75) is 13.3 Å². The fraction of sp³-hybridized carbons (Fsp3) is 0.222. The number of benzene rings is 2. The quantitative estimate of drug-likeness (QED) is 0.599. The molecule has 0 aliphatic carbocycles. The van der Waals surface area contributed by atoms with Gasteiger partial charge in [0.15, 0.2) is 11.5 Å². The van der Waals surface area contributed by atoms with Crippen molar-refractivity contribution in [3.05, 3.63) is 53.6 Å². The van der Waals surface area contributed by atoms with E-state index in [4.69, 9.17) is 14.6 Å². The minimum Gasteiger partial charge on any atom is -0.493 e. The zero-order chi connectivity index (χ0) is 17.5. The van der Waals surface area contributed by atoms with E-state index in [0.717, 1.165) is 17.7 Å². The van der Waals surface area contributed by atoms with Crippen molar-refractivity contribution in [1.29, 1.82) is 0 Å². The standard InChI is InChI=1S/C18H20N2O4/c1-4-15(13-7-10-16(23-2)17(11-13)24-3)20-19-14-8-5-12(6-9-14)18(21)22/h5-11,19H,4H2,1-3H3,(H,21,22). The first-order valence-corrected chi connectivity index (χ1v) is 7.47. The first kappa shape index (κ1) is 17.3. The molecule has 0 aliphatic heterocycles. The molecule has 0 saturated carbocycles. The highest BCUT2D eigenvalue weighted by Gasteiger charge is 2.08. The molecule has 0 spiro atoms. The molecule has 2 aromatic rings. The van der Waals surface area contributed by atoms with Crippen LogP contribution in [0.25, 0.3) is 0 Å². The van der Waals surface area contributed by atoms with Gasteiger partial charge < -0.3 is 14.6 Å². The summed E-state index contributed by atoms with van der Waals surface area (Å²) in [5.74, 6) is 0.348. The van der Waals surface area contributed by atoms with Gasteiger partial charge in [-0.1, -0.05) is 6.92 Å². The van der Waals surface area contributed by atoms with Crippen molar-refractivity contribution < 1.29 is 19.4 Å². The average Bonchev–Trinajstić information content (AvgIpc) is 2.62. The van der Waals surface area contributed by atoms with Crippen LogP contribution in [0.2, 0.25) is 0 Å². The minimum absolute atomic E-state index is 0.236. The zero-order valence-corrected chi connectivity index (χ0v) is 13.9. The van der Waals surface area contributed by atoms with E-state index >= 15 is 0 Å². The van der Waals surface area contributed by atoms with Gasteiger partial charge in [0, 0.05) is 5.56 Å². The molecule has 2 rings (SSSR count). The number of hydrogen-bond acceptors (Lipinski definition) is 5. The SMILES string of the molecule is CCC(=NNc1ccc(C(=O)O)cc1)c1ccc(OC)c(OC)c1. The molecule has 0 aliphatic rings. The lowest BCUT2D eigenvalue weighted by Gasteiger charge is -2.11. The number of ether oxygens (including phenoxy) is 2. The van der Waals surface area contributed by atoms with Crippen LogP contribution in [-0.4, -0.2) is 31.0 Å². The lowest BCUT2D eigenvalue weighted by atomic mass is 10.1. The summed E-state index contributed by atoms with van der Waals surface area (Å²) >= 11 is 0. The van der Waals surface area contributed by atoms with E-state index in [1.165, 1.54) is 12.1 Å². The molecule has 0 atom stereocenters. The monoisotopic (exact) mass is 328 g/mol. The Balaban J connectivity index is 2.21. The molecule has 0 fully saturated rings. The maximum atomic E-state index is 10.9. The fourth-order valence-electron chi connectivity index (χ4n) is 2.18. The van der Waals surface area contributed by atoms with Crippen LogP contribution >= 0.6 is 0 Å². The van der Waals surface area contributed by atoms with Gasteiger partial charge in [-0.25, -0.2) is 4.79 Å². The Morgan fingerprint density at radius 3 is 2.21 bits per heavy atom. The molecule has 0 saturated heterocycles. The highest BCUT2D eigenvalue weighted by atomic mass is 16.5.